The van der Waals surface area contributed by atoms with Crippen molar-refractivity contribution in [2.75, 3.05) is 12.4 Å². The van der Waals surface area contributed by atoms with Gasteiger partial charge in [-0.15, -0.1) is 68.0 Å². The van der Waals surface area contributed by atoms with Gasteiger partial charge in [-0.1, -0.05) is 18.2 Å². The van der Waals surface area contributed by atoms with Crippen LogP contribution < -0.4 is 5.32 Å². The second-order valence-electron chi connectivity index (χ2n) is 8.74. The number of thiophene rings is 6. The van der Waals surface area contributed by atoms with Crippen LogP contribution in [0.4, 0.5) is 5.69 Å². The maximum atomic E-state index is 3.25. The molecule has 0 aliphatic heterocycles. The van der Waals surface area contributed by atoms with Gasteiger partial charge in [-0.2, -0.15) is 0 Å². The number of hydrogen-bond donors (Lipinski definition) is 1. The molecule has 0 saturated carbocycles. The van der Waals surface area contributed by atoms with Crippen LogP contribution >= 0.6 is 68.0 Å². The Morgan fingerprint density at radius 3 is 1.63 bits per heavy atom. The number of aryl methyl sites for hydroxylation is 1. The van der Waals surface area contributed by atoms with Crippen molar-refractivity contribution < 1.29 is 0 Å². The van der Waals surface area contributed by atoms with Gasteiger partial charge >= 0.3 is 0 Å². The third-order valence-electron chi connectivity index (χ3n) is 6.48. The van der Waals surface area contributed by atoms with Gasteiger partial charge in [0.2, 0.25) is 0 Å². The van der Waals surface area contributed by atoms with Gasteiger partial charge in [0.25, 0.3) is 0 Å². The largest absolute Gasteiger partial charge is 0.388 e. The van der Waals surface area contributed by atoms with Crippen LogP contribution in [-0.2, 0) is 0 Å². The number of nitrogens with one attached hydrogen (secondary N) is 1. The average Bonchev–Trinajstić information content (AvgIpc) is 3.63. The fourth-order valence-electron chi connectivity index (χ4n) is 4.72. The number of hydrogen-bond acceptors (Lipinski definition) is 7. The number of rotatable bonds is 3. The van der Waals surface area contributed by atoms with Gasteiger partial charge in [0.05, 0.1) is 8.03 Å². The van der Waals surface area contributed by atoms with Crippen LogP contribution in [0.5, 0.6) is 0 Å². The SMILES string of the molecule is CNc1ccc2c(c1)sc1sc(-c3cc4sc(-c5cc6c(s5)sc5cc(C)ccc56)cc4s3)cc12. The minimum absolute atomic E-state index is 1.18. The zero-order chi connectivity index (χ0) is 23.3. The molecule has 6 heterocycles. The molecule has 0 saturated heterocycles. The lowest BCUT2D eigenvalue weighted by Crippen LogP contribution is -1.85. The highest BCUT2D eigenvalue weighted by atomic mass is 32.2. The summed E-state index contributed by atoms with van der Waals surface area (Å²) in [7, 11) is 1.98. The molecule has 6 aromatic heterocycles. The summed E-state index contributed by atoms with van der Waals surface area (Å²) < 4.78 is 8.42. The van der Waals surface area contributed by atoms with Crippen LogP contribution in [0.3, 0.4) is 0 Å². The van der Waals surface area contributed by atoms with E-state index in [1.54, 1.807) is 0 Å². The summed E-state index contributed by atoms with van der Waals surface area (Å²) in [5.41, 5.74) is 2.51. The molecule has 8 rings (SSSR count). The number of anilines is 1. The van der Waals surface area contributed by atoms with Crippen LogP contribution in [0, 0.1) is 6.92 Å². The van der Waals surface area contributed by atoms with Gasteiger partial charge in [-0.25, -0.2) is 0 Å². The molecule has 1 N–H and O–H groups in total. The quantitative estimate of drug-likeness (QED) is 0.227. The molecular formula is C28H17NS6. The fraction of sp³-hybridized carbons (Fsp3) is 0.0714. The smallest absolute Gasteiger partial charge is 0.0884 e. The van der Waals surface area contributed by atoms with Crippen molar-refractivity contribution >= 4 is 122 Å². The molecule has 170 valence electrons. The number of benzene rings is 2. The van der Waals surface area contributed by atoms with E-state index in [0.29, 0.717) is 0 Å². The van der Waals surface area contributed by atoms with Crippen molar-refractivity contribution in [3.05, 3.63) is 66.2 Å². The van der Waals surface area contributed by atoms with Crippen LogP contribution in [0.25, 0.3) is 67.9 Å². The lowest BCUT2D eigenvalue weighted by atomic mass is 10.1. The monoisotopic (exact) mass is 559 g/mol. The Bertz CT molecular complexity index is 2040. The Morgan fingerprint density at radius 1 is 0.486 bits per heavy atom. The zero-order valence-electron chi connectivity index (χ0n) is 18.7. The summed E-state index contributed by atoms with van der Waals surface area (Å²) in [4.78, 5) is 5.57. The molecular weight excluding hydrogens is 543 g/mol. The van der Waals surface area contributed by atoms with E-state index < -0.39 is 0 Å². The highest BCUT2D eigenvalue weighted by molar-refractivity contribution is 7.45. The first-order valence-corrected chi connectivity index (χ1v) is 16.1. The zero-order valence-corrected chi connectivity index (χ0v) is 23.6. The lowest BCUT2D eigenvalue weighted by Gasteiger charge is -1.98. The molecule has 7 heteroatoms. The summed E-state index contributed by atoms with van der Waals surface area (Å²) >= 11 is 11.6. The van der Waals surface area contributed by atoms with E-state index in [2.05, 4.69) is 72.9 Å². The molecule has 8 aromatic rings. The van der Waals surface area contributed by atoms with Gasteiger partial charge in [-0.3, -0.25) is 0 Å². The molecule has 0 aliphatic rings. The Hall–Kier alpha value is -2.26. The maximum absolute atomic E-state index is 3.25. The van der Waals surface area contributed by atoms with Crippen LogP contribution in [0.1, 0.15) is 5.56 Å². The number of fused-ring (bicyclic) bond motifs is 7. The summed E-state index contributed by atoms with van der Waals surface area (Å²) in [6.07, 6.45) is 0. The van der Waals surface area contributed by atoms with Crippen molar-refractivity contribution in [2.24, 2.45) is 0 Å². The first-order valence-electron chi connectivity index (χ1n) is 11.2. The van der Waals surface area contributed by atoms with Crippen LogP contribution in [0.2, 0.25) is 0 Å². The van der Waals surface area contributed by atoms with Crippen molar-refractivity contribution in [3.8, 4) is 19.5 Å². The van der Waals surface area contributed by atoms with Crippen molar-refractivity contribution in [1.29, 1.82) is 0 Å². The molecule has 35 heavy (non-hydrogen) atoms. The molecule has 0 aliphatic carbocycles. The molecule has 0 spiro atoms. The Labute approximate surface area is 225 Å². The predicted octanol–water partition coefficient (Wildman–Crippen LogP) is 11.5. The van der Waals surface area contributed by atoms with Crippen LogP contribution in [0.15, 0.2) is 60.7 Å². The minimum Gasteiger partial charge on any atom is -0.388 e. The van der Waals surface area contributed by atoms with Crippen molar-refractivity contribution in [2.45, 2.75) is 6.92 Å². The third-order valence-corrected chi connectivity index (χ3v) is 14.0. The second kappa shape index (κ2) is 7.62. The van der Waals surface area contributed by atoms with E-state index in [-0.39, 0.29) is 0 Å². The second-order valence-corrected chi connectivity index (χ2v) is 15.6. The highest BCUT2D eigenvalue weighted by Gasteiger charge is 2.17. The summed E-state index contributed by atoms with van der Waals surface area (Å²) in [5, 5.41) is 8.82. The van der Waals surface area contributed by atoms with E-state index >= 15 is 0 Å². The molecule has 0 amide bonds. The Kier molecular flexibility index (Phi) is 4.55. The topological polar surface area (TPSA) is 12.0 Å². The molecule has 0 fully saturated rings. The van der Waals surface area contributed by atoms with Crippen LogP contribution in [-0.4, -0.2) is 7.05 Å². The molecule has 2 aromatic carbocycles. The van der Waals surface area contributed by atoms with Gasteiger partial charge in [0, 0.05) is 72.6 Å². The van der Waals surface area contributed by atoms with Gasteiger partial charge in [0.15, 0.2) is 0 Å². The van der Waals surface area contributed by atoms with Gasteiger partial charge < -0.3 is 5.32 Å². The first-order chi connectivity index (χ1) is 17.1. The summed E-state index contributed by atoms with van der Waals surface area (Å²) in [6.45, 7) is 2.17. The minimum atomic E-state index is 1.18. The fourth-order valence-corrected chi connectivity index (χ4v) is 12.4. The lowest BCUT2D eigenvalue weighted by molar-refractivity contribution is 1.52. The summed E-state index contributed by atoms with van der Waals surface area (Å²) in [5.74, 6) is 0. The average molecular weight is 560 g/mol. The van der Waals surface area contributed by atoms with E-state index in [0.717, 1.165) is 0 Å². The molecule has 1 nitrogen and oxygen atoms in total. The highest BCUT2D eigenvalue weighted by Crippen LogP contribution is 2.50. The molecule has 0 atom stereocenters. The van der Waals surface area contributed by atoms with Crippen molar-refractivity contribution in [1.82, 2.24) is 0 Å². The standard InChI is InChI=1S/C28H17NS6/c1-13-3-5-15-17-9-21(34-27(17)32-19(15)7-13)23-11-25-26(30-23)12-24(31-25)22-10-18-16-6-4-14(29-2)8-20(16)33-28(18)35-22/h3-12,29H,1-2H3. The summed E-state index contributed by atoms with van der Waals surface area (Å²) in [6, 6.07) is 23.1. The van der Waals surface area contributed by atoms with Gasteiger partial charge in [0.1, 0.15) is 0 Å². The Balaban J connectivity index is 1.17. The third kappa shape index (κ3) is 3.19. The normalized spacial score (nSPS) is 12.3. The molecule has 0 bridgehead atoms. The molecule has 0 radical (unpaired) electrons. The van der Waals surface area contributed by atoms with Crippen molar-refractivity contribution in [3.63, 3.8) is 0 Å². The van der Waals surface area contributed by atoms with E-state index in [1.165, 1.54) is 79.1 Å². The van der Waals surface area contributed by atoms with E-state index in [1.807, 2.05) is 75.1 Å². The van der Waals surface area contributed by atoms with E-state index in [4.69, 9.17) is 0 Å². The maximum Gasteiger partial charge on any atom is 0.0884 e. The van der Waals surface area contributed by atoms with Gasteiger partial charge in [-0.05, 0) is 55.0 Å². The van der Waals surface area contributed by atoms with E-state index in [9.17, 15) is 0 Å². The first kappa shape index (κ1) is 20.9. The predicted molar refractivity (Wildman–Crippen MR) is 166 cm³/mol. The Morgan fingerprint density at radius 2 is 1.03 bits per heavy atom. The molecule has 0 unspecified atom stereocenters.